The molecular formula is C17H34N2O2. The van der Waals surface area contributed by atoms with E-state index in [0.717, 1.165) is 58.1 Å². The topological polar surface area (TPSA) is 40.6 Å². The summed E-state index contributed by atoms with van der Waals surface area (Å²) >= 11 is 0. The molecule has 0 fully saturated rings. The number of hydrogen-bond acceptors (Lipinski definition) is 4. The number of Topliss-reactive ketones (excluding diaryl/α,β-unsaturated/α-hetero) is 1. The fourth-order valence-corrected chi connectivity index (χ4v) is 2.92. The number of hydrogen-bond donors (Lipinski definition) is 0. The maximum Gasteiger partial charge on any atom is 0.158 e. The minimum absolute atomic E-state index is 0.0309. The zero-order chi connectivity index (χ0) is 16.3. The third-order valence-corrected chi connectivity index (χ3v) is 3.90. The van der Waals surface area contributed by atoms with Gasteiger partial charge in [0.25, 0.3) is 0 Å². The van der Waals surface area contributed by atoms with Crippen LogP contribution < -0.4 is 0 Å². The van der Waals surface area contributed by atoms with Crippen molar-refractivity contribution >= 4 is 12.1 Å². The van der Waals surface area contributed by atoms with Crippen LogP contribution >= 0.6 is 0 Å². The Morgan fingerprint density at radius 1 is 0.905 bits per heavy atom. The molecule has 21 heavy (non-hydrogen) atoms. The van der Waals surface area contributed by atoms with E-state index in [1.165, 1.54) is 0 Å². The van der Waals surface area contributed by atoms with E-state index in [0.29, 0.717) is 6.54 Å². The van der Waals surface area contributed by atoms with Crippen molar-refractivity contribution < 1.29 is 9.59 Å². The first-order valence-electron chi connectivity index (χ1n) is 8.47. The molecule has 0 saturated heterocycles. The quantitative estimate of drug-likeness (QED) is 0.387. The van der Waals surface area contributed by atoms with Crippen LogP contribution in [0.4, 0.5) is 0 Å². The highest BCUT2D eigenvalue weighted by Crippen LogP contribution is 2.19. The smallest absolute Gasteiger partial charge is 0.158 e. The van der Waals surface area contributed by atoms with E-state index in [2.05, 4.69) is 37.5 Å². The number of ketones is 1. The second-order valence-electron chi connectivity index (χ2n) is 5.86. The number of rotatable bonds is 13. The molecule has 0 radical (unpaired) electrons. The SMILES string of the molecule is CCCN(CCC)CC(C=O)(C(C)=O)N(CCC)CCC. The third kappa shape index (κ3) is 5.87. The van der Waals surface area contributed by atoms with Gasteiger partial charge < -0.3 is 9.69 Å². The lowest BCUT2D eigenvalue weighted by atomic mass is 9.92. The van der Waals surface area contributed by atoms with Crippen molar-refractivity contribution in [1.29, 1.82) is 0 Å². The Balaban J connectivity index is 5.37. The van der Waals surface area contributed by atoms with Gasteiger partial charge in [-0.25, -0.2) is 0 Å². The van der Waals surface area contributed by atoms with Gasteiger partial charge in [0.1, 0.15) is 11.8 Å². The summed E-state index contributed by atoms with van der Waals surface area (Å²) < 4.78 is 0. The first kappa shape index (κ1) is 20.3. The molecule has 0 amide bonds. The number of aldehydes is 1. The monoisotopic (exact) mass is 298 g/mol. The van der Waals surface area contributed by atoms with E-state index in [-0.39, 0.29) is 5.78 Å². The number of nitrogens with zero attached hydrogens (tertiary/aromatic N) is 2. The van der Waals surface area contributed by atoms with Crippen LogP contribution in [0.5, 0.6) is 0 Å². The lowest BCUT2D eigenvalue weighted by molar-refractivity contribution is -0.138. The molecule has 1 unspecified atom stereocenters. The van der Waals surface area contributed by atoms with E-state index < -0.39 is 5.54 Å². The Morgan fingerprint density at radius 2 is 1.33 bits per heavy atom. The van der Waals surface area contributed by atoms with E-state index in [4.69, 9.17) is 0 Å². The van der Waals surface area contributed by atoms with Crippen LogP contribution in [0.15, 0.2) is 0 Å². The molecule has 0 bridgehead atoms. The van der Waals surface area contributed by atoms with Crippen molar-refractivity contribution in [2.24, 2.45) is 0 Å². The highest BCUT2D eigenvalue weighted by molar-refractivity contribution is 6.01. The summed E-state index contributed by atoms with van der Waals surface area (Å²) in [6, 6.07) is 0. The molecule has 4 nitrogen and oxygen atoms in total. The van der Waals surface area contributed by atoms with Crippen LogP contribution in [0.25, 0.3) is 0 Å². The predicted molar refractivity (Wildman–Crippen MR) is 88.7 cm³/mol. The fraction of sp³-hybridized carbons (Fsp3) is 0.882. The molecule has 0 spiro atoms. The van der Waals surface area contributed by atoms with Crippen LogP contribution in [0, 0.1) is 0 Å². The van der Waals surface area contributed by atoms with E-state index >= 15 is 0 Å². The summed E-state index contributed by atoms with van der Waals surface area (Å²) in [5, 5.41) is 0. The normalized spacial score (nSPS) is 14.4. The van der Waals surface area contributed by atoms with Crippen LogP contribution in [0.1, 0.15) is 60.3 Å². The zero-order valence-electron chi connectivity index (χ0n) is 14.7. The van der Waals surface area contributed by atoms with Gasteiger partial charge in [0.05, 0.1) is 0 Å². The molecule has 0 aromatic rings. The van der Waals surface area contributed by atoms with Gasteiger partial charge in [0.2, 0.25) is 0 Å². The molecule has 0 aromatic carbocycles. The van der Waals surface area contributed by atoms with Gasteiger partial charge in [0.15, 0.2) is 5.78 Å². The summed E-state index contributed by atoms with van der Waals surface area (Å²) in [5.41, 5.74) is -0.976. The zero-order valence-corrected chi connectivity index (χ0v) is 14.7. The number of carbonyl (C=O) groups excluding carboxylic acids is 2. The molecule has 0 aliphatic heterocycles. The summed E-state index contributed by atoms with van der Waals surface area (Å²) in [5.74, 6) is -0.0309. The van der Waals surface area contributed by atoms with Crippen LogP contribution in [-0.4, -0.2) is 60.1 Å². The highest BCUT2D eigenvalue weighted by atomic mass is 16.1. The molecule has 0 aromatic heterocycles. The maximum atomic E-state index is 12.3. The first-order valence-corrected chi connectivity index (χ1v) is 8.47. The fourth-order valence-electron chi connectivity index (χ4n) is 2.92. The Labute approximate surface area is 130 Å². The average molecular weight is 298 g/mol. The Bertz CT molecular complexity index is 295. The summed E-state index contributed by atoms with van der Waals surface area (Å²) in [6.45, 7) is 14.0. The summed E-state index contributed by atoms with van der Waals surface area (Å²) in [7, 11) is 0. The maximum absolute atomic E-state index is 12.3. The molecule has 0 saturated carbocycles. The molecule has 0 rings (SSSR count). The second-order valence-corrected chi connectivity index (χ2v) is 5.86. The van der Waals surface area contributed by atoms with Gasteiger partial charge in [-0.3, -0.25) is 9.69 Å². The molecular weight excluding hydrogens is 264 g/mol. The van der Waals surface area contributed by atoms with Crippen molar-refractivity contribution in [2.45, 2.75) is 65.8 Å². The van der Waals surface area contributed by atoms with E-state index in [9.17, 15) is 9.59 Å². The number of carbonyl (C=O) groups is 2. The van der Waals surface area contributed by atoms with E-state index in [1.54, 1.807) is 6.92 Å². The lowest BCUT2D eigenvalue weighted by Crippen LogP contribution is -2.62. The van der Waals surface area contributed by atoms with Crippen LogP contribution in [-0.2, 0) is 9.59 Å². The minimum Gasteiger partial charge on any atom is -0.301 e. The molecule has 4 heteroatoms. The lowest BCUT2D eigenvalue weighted by Gasteiger charge is -2.41. The van der Waals surface area contributed by atoms with Crippen molar-refractivity contribution in [3.8, 4) is 0 Å². The molecule has 0 aliphatic rings. The minimum atomic E-state index is -0.976. The summed E-state index contributed by atoms with van der Waals surface area (Å²) in [6.07, 6.45) is 4.86. The van der Waals surface area contributed by atoms with Crippen LogP contribution in [0.3, 0.4) is 0 Å². The van der Waals surface area contributed by atoms with Crippen molar-refractivity contribution in [1.82, 2.24) is 9.80 Å². The van der Waals surface area contributed by atoms with Gasteiger partial charge in [-0.1, -0.05) is 27.7 Å². The molecule has 0 heterocycles. The first-order chi connectivity index (χ1) is 10.0. The summed E-state index contributed by atoms with van der Waals surface area (Å²) in [4.78, 5) is 28.6. The Morgan fingerprint density at radius 3 is 1.62 bits per heavy atom. The average Bonchev–Trinajstić information content (AvgIpc) is 2.44. The Hall–Kier alpha value is -0.740. The van der Waals surface area contributed by atoms with Gasteiger partial charge in [-0.15, -0.1) is 0 Å². The molecule has 0 N–H and O–H groups in total. The standard InChI is InChI=1S/C17H34N2O2/c1-6-10-18(11-7-2)14-17(15-20,16(5)21)19(12-8-3)13-9-4/h15H,6-14H2,1-5H3. The predicted octanol–water partition coefficient (Wildman–Crippen LogP) is 2.76. The second kappa shape index (κ2) is 10.9. The van der Waals surface area contributed by atoms with Crippen molar-refractivity contribution in [3.05, 3.63) is 0 Å². The third-order valence-electron chi connectivity index (χ3n) is 3.90. The van der Waals surface area contributed by atoms with Crippen molar-refractivity contribution in [3.63, 3.8) is 0 Å². The largest absolute Gasteiger partial charge is 0.301 e. The van der Waals surface area contributed by atoms with Gasteiger partial charge >= 0.3 is 0 Å². The highest BCUT2D eigenvalue weighted by Gasteiger charge is 2.42. The molecule has 124 valence electrons. The van der Waals surface area contributed by atoms with Gasteiger partial charge in [0, 0.05) is 6.54 Å². The van der Waals surface area contributed by atoms with Gasteiger partial charge in [-0.05, 0) is 58.8 Å². The molecule has 0 aliphatic carbocycles. The van der Waals surface area contributed by atoms with Crippen molar-refractivity contribution in [2.75, 3.05) is 32.7 Å². The Kier molecular flexibility index (Phi) is 10.5. The van der Waals surface area contributed by atoms with Gasteiger partial charge in [-0.2, -0.15) is 0 Å². The van der Waals surface area contributed by atoms with Crippen LogP contribution in [0.2, 0.25) is 0 Å². The van der Waals surface area contributed by atoms with E-state index in [1.807, 2.05) is 0 Å². The molecule has 1 atom stereocenters.